The van der Waals surface area contributed by atoms with Gasteiger partial charge in [-0.05, 0) is 70.4 Å². The highest BCUT2D eigenvalue weighted by molar-refractivity contribution is 9.10. The van der Waals surface area contributed by atoms with Crippen molar-refractivity contribution in [3.05, 3.63) is 99.5 Å². The van der Waals surface area contributed by atoms with Gasteiger partial charge in [-0.3, -0.25) is 14.5 Å². The number of anilines is 1. The number of nitrogens with zero attached hydrogens (tertiary/aromatic N) is 1. The molecular weight excluding hydrogens is 526 g/mol. The number of ketones is 1. The van der Waals surface area contributed by atoms with Gasteiger partial charge in [0, 0.05) is 11.3 Å². The van der Waals surface area contributed by atoms with Crippen LogP contribution in [0.2, 0.25) is 0 Å². The van der Waals surface area contributed by atoms with Gasteiger partial charge in [-0.25, -0.2) is 4.79 Å². The van der Waals surface area contributed by atoms with Crippen molar-refractivity contribution in [3.8, 4) is 5.75 Å². The molecule has 0 spiro atoms. The largest absolute Gasteiger partial charge is 0.507 e. The summed E-state index contributed by atoms with van der Waals surface area (Å²) >= 11 is 3.40. The zero-order valence-electron chi connectivity index (χ0n) is 19.7. The molecule has 1 N–H and O–H groups in total. The standard InChI is InChI=1S/C28H24BrNO6/c1-3-15-36-28(34)18-9-12-20(13-10-18)30-24(17-7-5-4-6-8-17)23(26(32)27(30)33)25(31)19-11-14-22(35-2)21(29)16-19/h4-14,16,24,31H,3,15H2,1-2H3/b25-23-. The maximum Gasteiger partial charge on any atom is 0.338 e. The van der Waals surface area contributed by atoms with Crippen molar-refractivity contribution in [1.82, 2.24) is 0 Å². The minimum absolute atomic E-state index is 0.0327. The Morgan fingerprint density at radius 2 is 1.67 bits per heavy atom. The molecule has 1 aliphatic heterocycles. The van der Waals surface area contributed by atoms with Crippen molar-refractivity contribution in [1.29, 1.82) is 0 Å². The molecule has 1 fully saturated rings. The molecule has 184 valence electrons. The molecule has 1 heterocycles. The molecule has 36 heavy (non-hydrogen) atoms. The lowest BCUT2D eigenvalue weighted by Crippen LogP contribution is -2.29. The molecule has 1 atom stereocenters. The van der Waals surface area contributed by atoms with Crippen LogP contribution < -0.4 is 9.64 Å². The molecule has 4 rings (SSSR count). The van der Waals surface area contributed by atoms with Crippen LogP contribution in [0.1, 0.15) is 40.9 Å². The number of Topliss-reactive ketones (excluding diaryl/α,β-unsaturated/α-hetero) is 1. The van der Waals surface area contributed by atoms with Crippen LogP contribution >= 0.6 is 15.9 Å². The Kier molecular flexibility index (Phi) is 7.55. The fourth-order valence-electron chi connectivity index (χ4n) is 4.05. The summed E-state index contributed by atoms with van der Waals surface area (Å²) in [6.45, 7) is 2.21. The number of amides is 1. The minimum Gasteiger partial charge on any atom is -0.507 e. The smallest absolute Gasteiger partial charge is 0.338 e. The molecule has 7 nitrogen and oxygen atoms in total. The van der Waals surface area contributed by atoms with Crippen LogP contribution in [0.25, 0.3) is 5.76 Å². The number of hydrogen-bond donors (Lipinski definition) is 1. The Balaban J connectivity index is 1.81. The monoisotopic (exact) mass is 549 g/mol. The average molecular weight is 550 g/mol. The van der Waals surface area contributed by atoms with Gasteiger partial charge in [-0.1, -0.05) is 37.3 Å². The van der Waals surface area contributed by atoms with Crippen LogP contribution in [0.4, 0.5) is 5.69 Å². The van der Waals surface area contributed by atoms with Gasteiger partial charge in [0.05, 0.1) is 35.4 Å². The van der Waals surface area contributed by atoms with E-state index in [1.807, 2.05) is 13.0 Å². The molecule has 8 heteroatoms. The summed E-state index contributed by atoms with van der Waals surface area (Å²) in [4.78, 5) is 40.1. The molecule has 0 aromatic heterocycles. The van der Waals surface area contributed by atoms with Crippen molar-refractivity contribution in [2.75, 3.05) is 18.6 Å². The van der Waals surface area contributed by atoms with Gasteiger partial charge in [-0.2, -0.15) is 0 Å². The first-order chi connectivity index (χ1) is 17.4. The van der Waals surface area contributed by atoms with Crippen molar-refractivity contribution in [2.24, 2.45) is 0 Å². The number of carbonyl (C=O) groups excluding carboxylic acids is 3. The second kappa shape index (κ2) is 10.8. The lowest BCUT2D eigenvalue weighted by molar-refractivity contribution is -0.132. The van der Waals surface area contributed by atoms with Gasteiger partial charge in [0.25, 0.3) is 11.7 Å². The molecule has 0 radical (unpaired) electrons. The number of aliphatic hydroxyl groups is 1. The first-order valence-corrected chi connectivity index (χ1v) is 12.1. The van der Waals surface area contributed by atoms with E-state index in [-0.39, 0.29) is 11.3 Å². The zero-order valence-corrected chi connectivity index (χ0v) is 21.3. The van der Waals surface area contributed by atoms with E-state index in [0.717, 1.165) is 0 Å². The highest BCUT2D eigenvalue weighted by Gasteiger charge is 2.47. The van der Waals surface area contributed by atoms with Gasteiger partial charge in [-0.15, -0.1) is 0 Å². The third-order valence-electron chi connectivity index (χ3n) is 5.80. The van der Waals surface area contributed by atoms with Crippen LogP contribution in [0.3, 0.4) is 0 Å². The number of rotatable bonds is 7. The molecule has 0 aliphatic carbocycles. The van der Waals surface area contributed by atoms with Gasteiger partial charge in [0.15, 0.2) is 0 Å². The molecule has 0 bridgehead atoms. The van der Waals surface area contributed by atoms with Crippen molar-refractivity contribution in [3.63, 3.8) is 0 Å². The molecule has 0 saturated carbocycles. The fraction of sp³-hybridized carbons (Fsp3) is 0.179. The quantitative estimate of drug-likeness (QED) is 0.177. The lowest BCUT2D eigenvalue weighted by Gasteiger charge is -2.25. The molecule has 1 unspecified atom stereocenters. The normalized spacial score (nSPS) is 16.8. The third-order valence-corrected chi connectivity index (χ3v) is 6.42. The number of ether oxygens (including phenoxy) is 2. The van der Waals surface area contributed by atoms with Crippen molar-refractivity contribution in [2.45, 2.75) is 19.4 Å². The summed E-state index contributed by atoms with van der Waals surface area (Å²) < 4.78 is 11.0. The Morgan fingerprint density at radius 1 is 1.00 bits per heavy atom. The van der Waals surface area contributed by atoms with E-state index in [0.29, 0.717) is 45.6 Å². The summed E-state index contributed by atoms with van der Waals surface area (Å²) in [5.41, 5.74) is 1.72. The van der Waals surface area contributed by atoms with Crippen LogP contribution in [0.5, 0.6) is 5.75 Å². The van der Waals surface area contributed by atoms with Crippen LogP contribution in [-0.2, 0) is 14.3 Å². The number of benzene rings is 3. The van der Waals surface area contributed by atoms with Crippen molar-refractivity contribution >= 4 is 45.0 Å². The average Bonchev–Trinajstić information content (AvgIpc) is 3.17. The Labute approximate surface area is 217 Å². The number of hydrogen-bond acceptors (Lipinski definition) is 6. The molecular formula is C28H24BrNO6. The van der Waals surface area contributed by atoms with Gasteiger partial charge >= 0.3 is 5.97 Å². The molecule has 3 aromatic rings. The molecule has 3 aromatic carbocycles. The van der Waals surface area contributed by atoms with E-state index in [4.69, 9.17) is 9.47 Å². The first-order valence-electron chi connectivity index (χ1n) is 11.3. The predicted octanol–water partition coefficient (Wildman–Crippen LogP) is 5.65. The minimum atomic E-state index is -0.870. The lowest BCUT2D eigenvalue weighted by atomic mass is 9.95. The molecule has 1 amide bonds. The molecule has 1 aliphatic rings. The third kappa shape index (κ3) is 4.77. The number of esters is 1. The predicted molar refractivity (Wildman–Crippen MR) is 139 cm³/mol. The maximum atomic E-state index is 13.3. The Morgan fingerprint density at radius 3 is 2.28 bits per heavy atom. The second-order valence-corrected chi connectivity index (χ2v) is 8.97. The van der Waals surface area contributed by atoms with E-state index in [2.05, 4.69) is 15.9 Å². The van der Waals surface area contributed by atoms with E-state index < -0.39 is 23.7 Å². The first kappa shape index (κ1) is 25.2. The summed E-state index contributed by atoms with van der Waals surface area (Å²) in [5, 5.41) is 11.2. The summed E-state index contributed by atoms with van der Waals surface area (Å²) in [6, 6.07) is 19.3. The van der Waals surface area contributed by atoms with E-state index in [1.54, 1.807) is 66.7 Å². The summed E-state index contributed by atoms with van der Waals surface area (Å²) in [6.07, 6.45) is 0.705. The highest BCUT2D eigenvalue weighted by Crippen LogP contribution is 2.42. The van der Waals surface area contributed by atoms with Crippen LogP contribution in [-0.4, -0.2) is 36.5 Å². The van der Waals surface area contributed by atoms with Crippen LogP contribution in [0, 0.1) is 0 Å². The van der Waals surface area contributed by atoms with E-state index >= 15 is 0 Å². The Bertz CT molecular complexity index is 1330. The fourth-order valence-corrected chi connectivity index (χ4v) is 4.60. The highest BCUT2D eigenvalue weighted by atomic mass is 79.9. The van der Waals surface area contributed by atoms with Gasteiger partial charge in [0.1, 0.15) is 11.5 Å². The second-order valence-electron chi connectivity index (χ2n) is 8.11. The number of halogens is 1. The Hall–Kier alpha value is -3.91. The number of aliphatic hydroxyl groups excluding tert-OH is 1. The number of methoxy groups -OCH3 is 1. The van der Waals surface area contributed by atoms with Crippen molar-refractivity contribution < 1.29 is 29.0 Å². The zero-order chi connectivity index (χ0) is 25.8. The summed E-state index contributed by atoms with van der Waals surface area (Å²) in [7, 11) is 1.52. The molecule has 1 saturated heterocycles. The van der Waals surface area contributed by atoms with E-state index in [1.165, 1.54) is 12.0 Å². The van der Waals surface area contributed by atoms with Crippen LogP contribution in [0.15, 0.2) is 82.8 Å². The van der Waals surface area contributed by atoms with Gasteiger partial charge < -0.3 is 14.6 Å². The topological polar surface area (TPSA) is 93.1 Å². The van der Waals surface area contributed by atoms with E-state index in [9.17, 15) is 19.5 Å². The number of carbonyl (C=O) groups is 3. The summed E-state index contributed by atoms with van der Waals surface area (Å²) in [5.74, 6) is -1.79. The SMILES string of the molecule is CCCOC(=O)c1ccc(N2C(=O)C(=O)/C(=C(\O)c3ccc(OC)c(Br)c3)C2c2ccccc2)cc1. The maximum absolute atomic E-state index is 13.3. The van der Waals surface area contributed by atoms with Gasteiger partial charge in [0.2, 0.25) is 0 Å².